The molecule has 0 amide bonds. The van der Waals surface area contributed by atoms with Crippen LogP contribution in [0.5, 0.6) is 0 Å². The molecule has 2 N–H and O–H groups in total. The standard InChI is InChI=1S/C12H9N5O/c1-17-11(5-8(6-13)16-17)7-2-3-9-10(4-7)15-12(18)14-9/h2-5H,1H3,(H2,14,15,18). The number of nitriles is 1. The summed E-state index contributed by atoms with van der Waals surface area (Å²) in [6.45, 7) is 0. The van der Waals surface area contributed by atoms with Gasteiger partial charge in [-0.05, 0) is 12.1 Å². The van der Waals surface area contributed by atoms with Crippen LogP contribution in [0.4, 0.5) is 0 Å². The lowest BCUT2D eigenvalue weighted by molar-refractivity contribution is 0.771. The number of hydrogen-bond donors (Lipinski definition) is 2. The van der Waals surface area contributed by atoms with Crippen molar-refractivity contribution in [3.05, 3.63) is 40.4 Å². The number of aryl methyl sites for hydroxylation is 1. The van der Waals surface area contributed by atoms with Crippen molar-refractivity contribution in [1.82, 2.24) is 19.7 Å². The van der Waals surface area contributed by atoms with E-state index in [9.17, 15) is 4.79 Å². The summed E-state index contributed by atoms with van der Waals surface area (Å²) in [4.78, 5) is 16.6. The maximum atomic E-state index is 11.2. The number of H-pyrrole nitrogens is 2. The van der Waals surface area contributed by atoms with Crippen LogP contribution in [0.3, 0.4) is 0 Å². The SMILES string of the molecule is Cn1nc(C#N)cc1-c1ccc2[nH]c(=O)[nH]c2c1. The smallest absolute Gasteiger partial charge is 0.306 e. The fourth-order valence-electron chi connectivity index (χ4n) is 1.98. The molecule has 0 spiro atoms. The molecule has 0 aliphatic heterocycles. The van der Waals surface area contributed by atoms with E-state index < -0.39 is 0 Å². The first-order valence-electron chi connectivity index (χ1n) is 5.34. The number of aromatic amines is 2. The molecule has 0 bridgehead atoms. The zero-order valence-electron chi connectivity index (χ0n) is 9.56. The molecule has 0 unspecified atom stereocenters. The van der Waals surface area contributed by atoms with Gasteiger partial charge in [0.15, 0.2) is 5.69 Å². The molecule has 0 saturated heterocycles. The van der Waals surface area contributed by atoms with Crippen LogP contribution in [0.15, 0.2) is 29.1 Å². The third-order valence-corrected chi connectivity index (χ3v) is 2.81. The van der Waals surface area contributed by atoms with Crippen LogP contribution in [0.25, 0.3) is 22.3 Å². The van der Waals surface area contributed by atoms with Crippen LogP contribution >= 0.6 is 0 Å². The normalized spacial score (nSPS) is 10.7. The Bertz CT molecular complexity index is 830. The van der Waals surface area contributed by atoms with Crippen molar-refractivity contribution in [2.75, 3.05) is 0 Å². The summed E-state index contributed by atoms with van der Waals surface area (Å²) in [5.41, 5.74) is 3.36. The van der Waals surface area contributed by atoms with E-state index in [1.165, 1.54) is 0 Å². The number of fused-ring (bicyclic) bond motifs is 1. The molecule has 18 heavy (non-hydrogen) atoms. The van der Waals surface area contributed by atoms with E-state index in [1.54, 1.807) is 17.8 Å². The minimum absolute atomic E-state index is 0.232. The number of nitrogens with one attached hydrogen (secondary N) is 2. The van der Waals surface area contributed by atoms with Gasteiger partial charge in [-0.15, -0.1) is 0 Å². The predicted molar refractivity (Wildman–Crippen MR) is 65.8 cm³/mol. The Balaban J connectivity index is 2.21. The maximum absolute atomic E-state index is 11.2. The Hall–Kier alpha value is -2.81. The number of imidazole rings is 1. The molecule has 0 aliphatic rings. The van der Waals surface area contributed by atoms with Gasteiger partial charge in [-0.3, -0.25) is 4.68 Å². The van der Waals surface area contributed by atoms with Gasteiger partial charge in [0.2, 0.25) is 0 Å². The van der Waals surface area contributed by atoms with Gasteiger partial charge in [0, 0.05) is 18.7 Å². The lowest BCUT2D eigenvalue weighted by Crippen LogP contribution is -1.99. The fourth-order valence-corrected chi connectivity index (χ4v) is 1.98. The minimum Gasteiger partial charge on any atom is -0.306 e. The molecule has 88 valence electrons. The van der Waals surface area contributed by atoms with Gasteiger partial charge < -0.3 is 9.97 Å². The minimum atomic E-state index is -0.232. The van der Waals surface area contributed by atoms with Crippen LogP contribution in [-0.2, 0) is 7.05 Å². The predicted octanol–water partition coefficient (Wildman–Crippen LogP) is 1.13. The molecular weight excluding hydrogens is 230 g/mol. The van der Waals surface area contributed by atoms with Crippen molar-refractivity contribution < 1.29 is 0 Å². The first kappa shape index (κ1) is 10.4. The summed E-state index contributed by atoms with van der Waals surface area (Å²) in [6, 6.07) is 9.27. The van der Waals surface area contributed by atoms with Gasteiger partial charge in [0.25, 0.3) is 0 Å². The second kappa shape index (κ2) is 3.60. The molecule has 0 radical (unpaired) electrons. The summed E-state index contributed by atoms with van der Waals surface area (Å²) in [5.74, 6) is 0. The zero-order chi connectivity index (χ0) is 12.7. The summed E-state index contributed by atoms with van der Waals surface area (Å²) in [6.07, 6.45) is 0. The topological polar surface area (TPSA) is 90.3 Å². The van der Waals surface area contributed by atoms with Crippen molar-refractivity contribution in [2.24, 2.45) is 7.05 Å². The van der Waals surface area contributed by atoms with E-state index in [1.807, 2.05) is 24.3 Å². The van der Waals surface area contributed by atoms with Gasteiger partial charge in [-0.2, -0.15) is 10.4 Å². The monoisotopic (exact) mass is 239 g/mol. The number of rotatable bonds is 1. The summed E-state index contributed by atoms with van der Waals surface area (Å²) in [5, 5.41) is 12.9. The van der Waals surface area contributed by atoms with E-state index in [-0.39, 0.29) is 5.69 Å². The van der Waals surface area contributed by atoms with Gasteiger partial charge in [-0.1, -0.05) is 6.07 Å². The molecule has 3 rings (SSSR count). The Morgan fingerprint density at radius 1 is 1.28 bits per heavy atom. The molecule has 1 aromatic carbocycles. The van der Waals surface area contributed by atoms with E-state index in [0.29, 0.717) is 5.69 Å². The van der Waals surface area contributed by atoms with Crippen molar-refractivity contribution in [2.45, 2.75) is 0 Å². The Morgan fingerprint density at radius 3 is 2.78 bits per heavy atom. The molecule has 0 saturated carbocycles. The van der Waals surface area contributed by atoms with E-state index in [0.717, 1.165) is 22.3 Å². The zero-order valence-corrected chi connectivity index (χ0v) is 9.56. The first-order valence-corrected chi connectivity index (χ1v) is 5.34. The summed E-state index contributed by atoms with van der Waals surface area (Å²) < 4.78 is 1.64. The lowest BCUT2D eigenvalue weighted by Gasteiger charge is -2.01. The number of benzene rings is 1. The molecule has 0 aliphatic carbocycles. The van der Waals surface area contributed by atoms with Crippen LogP contribution in [0, 0.1) is 11.3 Å². The van der Waals surface area contributed by atoms with Crippen LogP contribution in [0.2, 0.25) is 0 Å². The second-order valence-electron chi connectivity index (χ2n) is 3.99. The van der Waals surface area contributed by atoms with Gasteiger partial charge in [0.05, 0.1) is 16.7 Å². The average molecular weight is 239 g/mol. The van der Waals surface area contributed by atoms with Gasteiger partial charge in [-0.25, -0.2) is 4.79 Å². The van der Waals surface area contributed by atoms with Crippen molar-refractivity contribution in [3.63, 3.8) is 0 Å². The van der Waals surface area contributed by atoms with Crippen LogP contribution in [-0.4, -0.2) is 19.7 Å². The molecule has 3 aromatic rings. The molecule has 2 heterocycles. The highest BCUT2D eigenvalue weighted by Gasteiger charge is 2.08. The molecule has 6 nitrogen and oxygen atoms in total. The maximum Gasteiger partial charge on any atom is 0.323 e. The van der Waals surface area contributed by atoms with Crippen LogP contribution in [0.1, 0.15) is 5.69 Å². The highest BCUT2D eigenvalue weighted by molar-refractivity contribution is 5.80. The molecule has 2 aromatic heterocycles. The molecule has 0 atom stereocenters. The summed E-state index contributed by atoms with van der Waals surface area (Å²) >= 11 is 0. The highest BCUT2D eigenvalue weighted by atomic mass is 16.1. The highest BCUT2D eigenvalue weighted by Crippen LogP contribution is 2.22. The van der Waals surface area contributed by atoms with Crippen molar-refractivity contribution >= 4 is 11.0 Å². The molecule has 0 fully saturated rings. The fraction of sp³-hybridized carbons (Fsp3) is 0.0833. The number of aromatic nitrogens is 4. The van der Waals surface area contributed by atoms with Crippen molar-refractivity contribution in [3.8, 4) is 17.3 Å². The third-order valence-electron chi connectivity index (χ3n) is 2.81. The van der Waals surface area contributed by atoms with E-state index in [2.05, 4.69) is 15.1 Å². The van der Waals surface area contributed by atoms with Crippen LogP contribution < -0.4 is 5.69 Å². The third kappa shape index (κ3) is 1.50. The largest absolute Gasteiger partial charge is 0.323 e. The number of nitrogens with zero attached hydrogens (tertiary/aromatic N) is 3. The molecule has 6 heteroatoms. The van der Waals surface area contributed by atoms with Gasteiger partial charge >= 0.3 is 5.69 Å². The van der Waals surface area contributed by atoms with Crippen molar-refractivity contribution in [1.29, 1.82) is 5.26 Å². The molecular formula is C12H9N5O. The lowest BCUT2D eigenvalue weighted by atomic mass is 10.1. The quantitative estimate of drug-likeness (QED) is 0.666. The first-order chi connectivity index (χ1) is 8.67. The van der Waals surface area contributed by atoms with E-state index >= 15 is 0 Å². The number of hydrogen-bond acceptors (Lipinski definition) is 3. The van der Waals surface area contributed by atoms with Gasteiger partial charge in [0.1, 0.15) is 6.07 Å². The Labute approximate surface area is 101 Å². The average Bonchev–Trinajstić information content (AvgIpc) is 2.89. The van der Waals surface area contributed by atoms with E-state index in [4.69, 9.17) is 5.26 Å². The Kier molecular flexibility index (Phi) is 2.07. The second-order valence-corrected chi connectivity index (χ2v) is 3.99. The Morgan fingerprint density at radius 2 is 2.06 bits per heavy atom. The summed E-state index contributed by atoms with van der Waals surface area (Å²) in [7, 11) is 1.78.